The zero-order chi connectivity index (χ0) is 17.1. The number of Topliss-reactive ketones (excluding diaryl/α,β-unsaturated/α-hetero) is 1. The fraction of sp³-hybridized carbons (Fsp3) is 0.0455. The summed E-state index contributed by atoms with van der Waals surface area (Å²) in [6.07, 6.45) is 1.96. The number of fused-ring (bicyclic) bond motifs is 1. The molecule has 1 aliphatic rings. The largest absolute Gasteiger partial charge is 0.372 e. The van der Waals surface area contributed by atoms with Crippen molar-refractivity contribution in [3.8, 4) is 0 Å². The van der Waals surface area contributed by atoms with Gasteiger partial charge in [0.15, 0.2) is 5.78 Å². The van der Waals surface area contributed by atoms with Gasteiger partial charge in [0, 0.05) is 28.2 Å². The molecule has 3 aromatic carbocycles. The summed E-state index contributed by atoms with van der Waals surface area (Å²) in [4.78, 5) is 12.9. The van der Waals surface area contributed by atoms with E-state index >= 15 is 0 Å². The Morgan fingerprint density at radius 2 is 1.20 bits per heavy atom. The molecule has 3 nitrogen and oxygen atoms in total. The van der Waals surface area contributed by atoms with Gasteiger partial charge in [-0.3, -0.25) is 4.79 Å². The normalized spacial score (nSPS) is 15.9. The summed E-state index contributed by atoms with van der Waals surface area (Å²) in [5, 5.41) is 6.76. The summed E-state index contributed by atoms with van der Waals surface area (Å²) in [6.45, 7) is 0. The molecule has 3 aromatic rings. The lowest BCUT2D eigenvalue weighted by Crippen LogP contribution is -2.32. The topological polar surface area (TPSA) is 41.1 Å². The van der Waals surface area contributed by atoms with E-state index in [-0.39, 0.29) is 5.78 Å². The number of carbonyl (C=O) groups excluding carboxylic acids is 1. The first-order chi connectivity index (χ1) is 12.3. The van der Waals surface area contributed by atoms with Crippen molar-refractivity contribution in [2.24, 2.45) is 0 Å². The third kappa shape index (κ3) is 3.17. The Morgan fingerprint density at radius 1 is 0.640 bits per heavy atom. The Balaban J connectivity index is 1.71. The summed E-state index contributed by atoms with van der Waals surface area (Å²) in [6, 6.07) is 27.1. The molecule has 0 fully saturated rings. The van der Waals surface area contributed by atoms with Gasteiger partial charge in [-0.1, -0.05) is 60.7 Å². The van der Waals surface area contributed by atoms with Crippen LogP contribution in [0.3, 0.4) is 0 Å². The maximum absolute atomic E-state index is 12.9. The quantitative estimate of drug-likeness (QED) is 0.722. The minimum Gasteiger partial charge on any atom is -0.372 e. The van der Waals surface area contributed by atoms with Gasteiger partial charge in [0.1, 0.15) is 6.04 Å². The molecule has 2 N–H and O–H groups in total. The van der Waals surface area contributed by atoms with E-state index < -0.39 is 6.04 Å². The lowest BCUT2D eigenvalue weighted by Gasteiger charge is -2.25. The summed E-state index contributed by atoms with van der Waals surface area (Å²) in [5.74, 6) is 0.0815. The van der Waals surface area contributed by atoms with Gasteiger partial charge in [-0.25, -0.2) is 0 Å². The molecule has 1 aliphatic carbocycles. The Kier molecular flexibility index (Phi) is 4.05. The van der Waals surface area contributed by atoms with Crippen LogP contribution in [0.25, 0.3) is 5.70 Å². The molecule has 0 heterocycles. The molecule has 3 heteroatoms. The average Bonchev–Trinajstić information content (AvgIpc) is 2.67. The van der Waals surface area contributed by atoms with Gasteiger partial charge in [0.25, 0.3) is 0 Å². The summed E-state index contributed by atoms with van der Waals surface area (Å²) >= 11 is 0. The van der Waals surface area contributed by atoms with E-state index in [4.69, 9.17) is 0 Å². The number of rotatable bonds is 4. The first-order valence-corrected chi connectivity index (χ1v) is 8.30. The van der Waals surface area contributed by atoms with Gasteiger partial charge < -0.3 is 10.6 Å². The number of anilines is 2. The second-order valence-corrected chi connectivity index (χ2v) is 5.97. The maximum Gasteiger partial charge on any atom is 0.189 e. The van der Waals surface area contributed by atoms with Crippen LogP contribution in [-0.4, -0.2) is 11.8 Å². The lowest BCUT2D eigenvalue weighted by molar-refractivity contribution is 0.0983. The lowest BCUT2D eigenvalue weighted by atomic mass is 9.90. The van der Waals surface area contributed by atoms with Crippen LogP contribution < -0.4 is 10.6 Å². The molecule has 0 saturated heterocycles. The first-order valence-electron chi connectivity index (χ1n) is 8.30. The van der Waals surface area contributed by atoms with Crippen LogP contribution in [-0.2, 0) is 0 Å². The monoisotopic (exact) mass is 326 g/mol. The molecular weight excluding hydrogens is 308 g/mol. The van der Waals surface area contributed by atoms with Crippen molar-refractivity contribution in [3.05, 3.63) is 102 Å². The summed E-state index contributed by atoms with van der Waals surface area (Å²) in [5.41, 5.74) is 4.53. The number of carbonyl (C=O) groups is 1. The number of para-hydroxylation sites is 2. The van der Waals surface area contributed by atoms with E-state index in [0.717, 1.165) is 28.2 Å². The van der Waals surface area contributed by atoms with E-state index in [1.807, 2.05) is 91.0 Å². The highest BCUT2D eigenvalue weighted by Gasteiger charge is 2.27. The van der Waals surface area contributed by atoms with E-state index in [2.05, 4.69) is 10.6 Å². The fourth-order valence-corrected chi connectivity index (χ4v) is 3.04. The standard InChI is InChI=1S/C22H18N2O/c25-22-19-14-8-7-13-18(19)20(23-16-9-3-1-4-10-16)15-21(22)24-17-11-5-2-6-12-17/h1-15,21,23-24H. The minimum atomic E-state index is -0.400. The molecule has 0 radical (unpaired) electrons. The van der Waals surface area contributed by atoms with Crippen LogP contribution >= 0.6 is 0 Å². The number of ketones is 1. The van der Waals surface area contributed by atoms with Gasteiger partial charge >= 0.3 is 0 Å². The maximum atomic E-state index is 12.9. The van der Waals surface area contributed by atoms with Crippen LogP contribution in [0.2, 0.25) is 0 Å². The minimum absolute atomic E-state index is 0.0815. The molecule has 0 aromatic heterocycles. The molecule has 0 bridgehead atoms. The summed E-state index contributed by atoms with van der Waals surface area (Å²) < 4.78 is 0. The highest BCUT2D eigenvalue weighted by molar-refractivity contribution is 6.10. The highest BCUT2D eigenvalue weighted by Crippen LogP contribution is 2.29. The molecule has 1 atom stereocenters. The van der Waals surface area contributed by atoms with E-state index in [1.165, 1.54) is 0 Å². The van der Waals surface area contributed by atoms with Gasteiger partial charge in [-0.05, 0) is 30.3 Å². The van der Waals surface area contributed by atoms with Crippen LogP contribution in [0, 0.1) is 0 Å². The van der Waals surface area contributed by atoms with E-state index in [9.17, 15) is 4.79 Å². The molecular formula is C22H18N2O. The smallest absolute Gasteiger partial charge is 0.189 e. The van der Waals surface area contributed by atoms with Crippen molar-refractivity contribution in [3.63, 3.8) is 0 Å². The molecule has 0 spiro atoms. The van der Waals surface area contributed by atoms with Crippen LogP contribution in [0.15, 0.2) is 91.0 Å². The van der Waals surface area contributed by atoms with Crippen LogP contribution in [0.5, 0.6) is 0 Å². The SMILES string of the molecule is O=C1c2ccccc2C(Nc2ccccc2)=CC1Nc1ccccc1. The Labute approximate surface area is 147 Å². The third-order valence-electron chi connectivity index (χ3n) is 4.25. The van der Waals surface area contributed by atoms with Crippen molar-refractivity contribution < 1.29 is 4.79 Å². The van der Waals surface area contributed by atoms with Crippen LogP contribution in [0.4, 0.5) is 11.4 Å². The second-order valence-electron chi connectivity index (χ2n) is 5.97. The molecule has 122 valence electrons. The first kappa shape index (κ1) is 15.2. The Hall–Kier alpha value is -3.33. The molecule has 0 saturated carbocycles. The predicted octanol–water partition coefficient (Wildman–Crippen LogP) is 4.82. The van der Waals surface area contributed by atoms with Crippen molar-refractivity contribution in [2.45, 2.75) is 6.04 Å². The molecule has 0 aliphatic heterocycles. The zero-order valence-corrected chi connectivity index (χ0v) is 13.6. The van der Waals surface area contributed by atoms with E-state index in [1.54, 1.807) is 0 Å². The van der Waals surface area contributed by atoms with Crippen molar-refractivity contribution in [1.29, 1.82) is 0 Å². The number of hydrogen-bond acceptors (Lipinski definition) is 3. The van der Waals surface area contributed by atoms with Crippen LogP contribution in [0.1, 0.15) is 15.9 Å². The highest BCUT2D eigenvalue weighted by atomic mass is 16.1. The Bertz CT molecular complexity index is 917. The van der Waals surface area contributed by atoms with Gasteiger partial charge in [0.2, 0.25) is 0 Å². The fourth-order valence-electron chi connectivity index (χ4n) is 3.04. The predicted molar refractivity (Wildman–Crippen MR) is 103 cm³/mol. The zero-order valence-electron chi connectivity index (χ0n) is 13.6. The van der Waals surface area contributed by atoms with Crippen molar-refractivity contribution in [1.82, 2.24) is 0 Å². The average molecular weight is 326 g/mol. The van der Waals surface area contributed by atoms with Crippen molar-refractivity contribution >= 4 is 22.9 Å². The third-order valence-corrected chi connectivity index (χ3v) is 4.25. The number of hydrogen-bond donors (Lipinski definition) is 2. The van der Waals surface area contributed by atoms with Gasteiger partial charge in [0.05, 0.1) is 0 Å². The van der Waals surface area contributed by atoms with E-state index in [0.29, 0.717) is 0 Å². The molecule has 25 heavy (non-hydrogen) atoms. The Morgan fingerprint density at radius 3 is 1.88 bits per heavy atom. The summed E-state index contributed by atoms with van der Waals surface area (Å²) in [7, 11) is 0. The van der Waals surface area contributed by atoms with Gasteiger partial charge in [-0.2, -0.15) is 0 Å². The van der Waals surface area contributed by atoms with Gasteiger partial charge in [-0.15, -0.1) is 0 Å². The second kappa shape index (κ2) is 6.65. The molecule has 4 rings (SSSR count). The van der Waals surface area contributed by atoms with Crippen molar-refractivity contribution in [2.75, 3.05) is 10.6 Å². The number of nitrogens with one attached hydrogen (secondary N) is 2. The number of benzene rings is 3. The molecule has 1 unspecified atom stereocenters. The molecule has 0 amide bonds.